The first kappa shape index (κ1) is 13.9. The summed E-state index contributed by atoms with van der Waals surface area (Å²) in [6.45, 7) is 7.75. The van der Waals surface area contributed by atoms with Crippen molar-refractivity contribution in [3.8, 4) is 0 Å². The van der Waals surface area contributed by atoms with Gasteiger partial charge in [0.15, 0.2) is 0 Å². The summed E-state index contributed by atoms with van der Waals surface area (Å²) in [5, 5.41) is 6.70. The highest BCUT2D eigenvalue weighted by Crippen LogP contribution is 2.10. The number of aromatic nitrogens is 1. The first-order valence-corrected chi connectivity index (χ1v) is 6.11. The molecule has 4 nitrogen and oxygen atoms in total. The van der Waals surface area contributed by atoms with Gasteiger partial charge in [-0.1, -0.05) is 19.9 Å². The highest BCUT2D eigenvalue weighted by atomic mass is 16.5. The van der Waals surface area contributed by atoms with Gasteiger partial charge in [0.25, 0.3) is 0 Å². The van der Waals surface area contributed by atoms with Crippen LogP contribution in [0.15, 0.2) is 18.3 Å². The molecule has 1 rings (SSSR count). The van der Waals surface area contributed by atoms with Crippen molar-refractivity contribution in [2.75, 3.05) is 32.1 Å². The van der Waals surface area contributed by atoms with Gasteiger partial charge in [0.2, 0.25) is 0 Å². The number of methoxy groups -OCH3 is 1. The van der Waals surface area contributed by atoms with Crippen molar-refractivity contribution in [3.63, 3.8) is 0 Å². The van der Waals surface area contributed by atoms with Crippen molar-refractivity contribution in [2.24, 2.45) is 5.92 Å². The zero-order valence-corrected chi connectivity index (χ0v) is 11.0. The van der Waals surface area contributed by atoms with E-state index in [1.165, 1.54) is 5.56 Å². The Hall–Kier alpha value is -1.13. The van der Waals surface area contributed by atoms with Crippen LogP contribution in [0, 0.1) is 5.92 Å². The number of pyridine rings is 1. The number of hydrogen-bond acceptors (Lipinski definition) is 4. The van der Waals surface area contributed by atoms with Crippen LogP contribution in [0.3, 0.4) is 0 Å². The lowest BCUT2D eigenvalue weighted by atomic mass is 10.2. The van der Waals surface area contributed by atoms with E-state index in [0.29, 0.717) is 12.5 Å². The molecule has 0 aliphatic heterocycles. The van der Waals surface area contributed by atoms with Gasteiger partial charge in [-0.15, -0.1) is 0 Å². The SMILES string of the molecule is COCCNc1ncccc1CNCC(C)C. The molecule has 4 heteroatoms. The average molecular weight is 237 g/mol. The molecular formula is C13H23N3O. The quantitative estimate of drug-likeness (QED) is 0.678. The Morgan fingerprint density at radius 3 is 2.94 bits per heavy atom. The van der Waals surface area contributed by atoms with Gasteiger partial charge in [-0.3, -0.25) is 0 Å². The van der Waals surface area contributed by atoms with Crippen LogP contribution in [0.25, 0.3) is 0 Å². The molecule has 0 radical (unpaired) electrons. The summed E-state index contributed by atoms with van der Waals surface area (Å²) in [5.41, 5.74) is 1.20. The standard InChI is InChI=1S/C13H23N3O/c1-11(2)9-14-10-12-5-4-6-15-13(12)16-7-8-17-3/h4-6,11,14H,7-10H2,1-3H3,(H,15,16). The Balaban J connectivity index is 2.46. The fraction of sp³-hybridized carbons (Fsp3) is 0.615. The van der Waals surface area contributed by atoms with E-state index >= 15 is 0 Å². The topological polar surface area (TPSA) is 46.2 Å². The molecule has 0 aromatic carbocycles. The molecule has 0 bridgehead atoms. The number of anilines is 1. The van der Waals surface area contributed by atoms with Gasteiger partial charge < -0.3 is 15.4 Å². The Morgan fingerprint density at radius 1 is 1.41 bits per heavy atom. The minimum atomic E-state index is 0.663. The molecule has 0 amide bonds. The fourth-order valence-electron chi connectivity index (χ4n) is 1.51. The van der Waals surface area contributed by atoms with E-state index in [4.69, 9.17) is 4.74 Å². The fourth-order valence-corrected chi connectivity index (χ4v) is 1.51. The van der Waals surface area contributed by atoms with Crippen molar-refractivity contribution >= 4 is 5.82 Å². The average Bonchev–Trinajstić information content (AvgIpc) is 2.31. The molecule has 0 aliphatic carbocycles. The molecule has 0 spiro atoms. The number of rotatable bonds is 8. The lowest BCUT2D eigenvalue weighted by Crippen LogP contribution is -2.20. The third-order valence-corrected chi connectivity index (χ3v) is 2.36. The van der Waals surface area contributed by atoms with E-state index in [1.54, 1.807) is 13.3 Å². The largest absolute Gasteiger partial charge is 0.383 e. The second-order valence-electron chi connectivity index (χ2n) is 4.46. The zero-order chi connectivity index (χ0) is 12.5. The van der Waals surface area contributed by atoms with Crippen LogP contribution < -0.4 is 10.6 Å². The van der Waals surface area contributed by atoms with Gasteiger partial charge in [-0.2, -0.15) is 0 Å². The van der Waals surface area contributed by atoms with E-state index in [0.717, 1.165) is 25.5 Å². The van der Waals surface area contributed by atoms with Gasteiger partial charge in [0.1, 0.15) is 5.82 Å². The summed E-state index contributed by atoms with van der Waals surface area (Å²) >= 11 is 0. The molecule has 2 N–H and O–H groups in total. The molecule has 0 unspecified atom stereocenters. The van der Waals surface area contributed by atoms with Gasteiger partial charge in [-0.25, -0.2) is 4.98 Å². The van der Waals surface area contributed by atoms with Gasteiger partial charge in [0.05, 0.1) is 6.61 Å². The Kier molecular flexibility index (Phi) is 6.58. The van der Waals surface area contributed by atoms with Gasteiger partial charge in [0, 0.05) is 32.0 Å². The van der Waals surface area contributed by atoms with Crippen molar-refractivity contribution in [2.45, 2.75) is 20.4 Å². The van der Waals surface area contributed by atoms with E-state index in [-0.39, 0.29) is 0 Å². The van der Waals surface area contributed by atoms with Crippen molar-refractivity contribution in [3.05, 3.63) is 23.9 Å². The molecule has 1 aromatic heterocycles. The minimum absolute atomic E-state index is 0.663. The van der Waals surface area contributed by atoms with Crippen LogP contribution >= 0.6 is 0 Å². The summed E-state index contributed by atoms with van der Waals surface area (Å²) in [5.74, 6) is 1.61. The number of nitrogens with zero attached hydrogens (tertiary/aromatic N) is 1. The summed E-state index contributed by atoms with van der Waals surface area (Å²) in [6.07, 6.45) is 1.81. The Morgan fingerprint density at radius 2 is 2.24 bits per heavy atom. The van der Waals surface area contributed by atoms with Crippen LogP contribution in [0.1, 0.15) is 19.4 Å². The lowest BCUT2D eigenvalue weighted by Gasteiger charge is -2.12. The minimum Gasteiger partial charge on any atom is -0.383 e. The molecule has 0 saturated carbocycles. The van der Waals surface area contributed by atoms with E-state index in [1.807, 2.05) is 6.07 Å². The molecule has 0 aliphatic rings. The normalized spacial score (nSPS) is 10.8. The predicted octanol–water partition coefficient (Wildman–Crippen LogP) is 1.89. The van der Waals surface area contributed by atoms with Crippen LogP contribution in [-0.2, 0) is 11.3 Å². The zero-order valence-electron chi connectivity index (χ0n) is 11.0. The maximum absolute atomic E-state index is 5.01. The number of ether oxygens (including phenoxy) is 1. The molecule has 17 heavy (non-hydrogen) atoms. The van der Waals surface area contributed by atoms with Crippen molar-refractivity contribution < 1.29 is 4.74 Å². The number of hydrogen-bond donors (Lipinski definition) is 2. The maximum Gasteiger partial charge on any atom is 0.130 e. The highest BCUT2D eigenvalue weighted by Gasteiger charge is 2.02. The summed E-state index contributed by atoms with van der Waals surface area (Å²) in [7, 11) is 1.70. The summed E-state index contributed by atoms with van der Waals surface area (Å²) in [6, 6.07) is 4.06. The summed E-state index contributed by atoms with van der Waals surface area (Å²) < 4.78 is 5.01. The third-order valence-electron chi connectivity index (χ3n) is 2.36. The van der Waals surface area contributed by atoms with Crippen molar-refractivity contribution in [1.29, 1.82) is 0 Å². The molecule has 0 atom stereocenters. The van der Waals surface area contributed by atoms with Crippen LogP contribution in [0.4, 0.5) is 5.82 Å². The lowest BCUT2D eigenvalue weighted by molar-refractivity contribution is 0.210. The van der Waals surface area contributed by atoms with Crippen molar-refractivity contribution in [1.82, 2.24) is 10.3 Å². The second-order valence-corrected chi connectivity index (χ2v) is 4.46. The molecule has 0 saturated heterocycles. The first-order valence-electron chi connectivity index (χ1n) is 6.11. The van der Waals surface area contributed by atoms with Gasteiger partial charge >= 0.3 is 0 Å². The molecule has 1 aromatic rings. The maximum atomic E-state index is 5.01. The monoisotopic (exact) mass is 237 g/mol. The first-order chi connectivity index (χ1) is 8.24. The highest BCUT2D eigenvalue weighted by molar-refractivity contribution is 5.43. The van der Waals surface area contributed by atoms with Crippen LogP contribution in [0.5, 0.6) is 0 Å². The van der Waals surface area contributed by atoms with Gasteiger partial charge in [-0.05, 0) is 18.5 Å². The molecular weight excluding hydrogens is 214 g/mol. The van der Waals surface area contributed by atoms with Crippen LogP contribution in [-0.4, -0.2) is 31.8 Å². The van der Waals surface area contributed by atoms with E-state index in [2.05, 4.69) is 35.5 Å². The van der Waals surface area contributed by atoms with E-state index < -0.39 is 0 Å². The molecule has 96 valence electrons. The predicted molar refractivity (Wildman–Crippen MR) is 71.1 cm³/mol. The number of nitrogens with one attached hydrogen (secondary N) is 2. The van der Waals surface area contributed by atoms with Crippen LogP contribution in [0.2, 0.25) is 0 Å². The Labute approximate surface area is 104 Å². The summed E-state index contributed by atoms with van der Waals surface area (Å²) in [4.78, 5) is 4.34. The Bertz CT molecular complexity index is 315. The second kappa shape index (κ2) is 8.03. The smallest absolute Gasteiger partial charge is 0.130 e. The third kappa shape index (κ3) is 5.65. The molecule has 1 heterocycles. The van der Waals surface area contributed by atoms with E-state index in [9.17, 15) is 0 Å². The molecule has 0 fully saturated rings.